The molecule has 0 bridgehead atoms. The Morgan fingerprint density at radius 2 is 1.53 bits per heavy atom. The molecule has 1 heterocycles. The van der Waals surface area contributed by atoms with Crippen molar-refractivity contribution < 1.29 is 14.6 Å². The number of aryl methyl sites for hydroxylation is 1. The van der Waals surface area contributed by atoms with Crippen LogP contribution in [0.4, 0.5) is 0 Å². The van der Waals surface area contributed by atoms with Crippen molar-refractivity contribution in [3.8, 4) is 23.1 Å². The third-order valence-electron chi connectivity index (χ3n) is 6.58. The van der Waals surface area contributed by atoms with E-state index in [1.165, 1.54) is 0 Å². The molecule has 0 saturated heterocycles. The summed E-state index contributed by atoms with van der Waals surface area (Å²) in [5.74, 6) is 1.92. The van der Waals surface area contributed by atoms with Crippen molar-refractivity contribution in [2.45, 2.75) is 45.9 Å². The second-order valence-corrected chi connectivity index (χ2v) is 8.98. The summed E-state index contributed by atoms with van der Waals surface area (Å²) in [6.45, 7) is 7.45. The van der Waals surface area contributed by atoms with Crippen molar-refractivity contribution in [2.75, 3.05) is 13.7 Å². The number of hydrogen-bond donors (Lipinski definition) is 1. The Hall–Kier alpha value is -3.61. The number of nitrogens with zero attached hydrogens (tertiary/aromatic N) is 3. The lowest BCUT2D eigenvalue weighted by atomic mass is 10.1. The molecule has 1 aromatic heterocycles. The van der Waals surface area contributed by atoms with Gasteiger partial charge < -0.3 is 14.6 Å². The molecule has 0 spiro atoms. The SMILES string of the molecule is CCC(C)N(Cc1c(C)nn(-c2ccccc2)c1Oc1ccccc1OC)CC(O)c1ccccc1. The fourth-order valence-corrected chi connectivity index (χ4v) is 4.24. The van der Waals surface area contributed by atoms with Gasteiger partial charge in [-0.05, 0) is 50.1 Å². The maximum atomic E-state index is 11.0. The molecule has 36 heavy (non-hydrogen) atoms. The highest BCUT2D eigenvalue weighted by molar-refractivity contribution is 5.47. The lowest BCUT2D eigenvalue weighted by Gasteiger charge is -2.30. The van der Waals surface area contributed by atoms with E-state index in [2.05, 4.69) is 18.7 Å². The Morgan fingerprint density at radius 3 is 2.17 bits per heavy atom. The first-order chi connectivity index (χ1) is 17.5. The average molecular weight is 486 g/mol. The Bertz CT molecular complexity index is 1240. The molecule has 6 nitrogen and oxygen atoms in total. The van der Waals surface area contributed by atoms with Crippen LogP contribution in [0, 0.1) is 6.92 Å². The molecule has 0 fully saturated rings. The highest BCUT2D eigenvalue weighted by Crippen LogP contribution is 2.36. The second-order valence-electron chi connectivity index (χ2n) is 8.98. The number of rotatable bonds is 11. The molecule has 1 N–H and O–H groups in total. The monoisotopic (exact) mass is 485 g/mol. The number of para-hydroxylation sites is 3. The van der Waals surface area contributed by atoms with Gasteiger partial charge in [0.1, 0.15) is 0 Å². The molecular weight excluding hydrogens is 450 g/mol. The van der Waals surface area contributed by atoms with Crippen LogP contribution in [0.3, 0.4) is 0 Å². The Kier molecular flexibility index (Phi) is 8.41. The fraction of sp³-hybridized carbons (Fsp3) is 0.300. The molecule has 0 aliphatic carbocycles. The second kappa shape index (κ2) is 11.9. The zero-order chi connectivity index (χ0) is 25.5. The molecule has 0 radical (unpaired) electrons. The molecule has 0 aliphatic rings. The summed E-state index contributed by atoms with van der Waals surface area (Å²) in [6, 6.07) is 27.7. The maximum Gasteiger partial charge on any atom is 0.227 e. The largest absolute Gasteiger partial charge is 0.493 e. The van der Waals surface area contributed by atoms with Crippen LogP contribution >= 0.6 is 0 Å². The van der Waals surface area contributed by atoms with Crippen molar-refractivity contribution in [3.05, 3.63) is 102 Å². The Labute approximate surface area is 213 Å². The molecular formula is C30H35N3O3. The topological polar surface area (TPSA) is 59.8 Å². The summed E-state index contributed by atoms with van der Waals surface area (Å²) >= 11 is 0. The molecule has 4 aromatic rings. The van der Waals surface area contributed by atoms with Gasteiger partial charge in [0.05, 0.1) is 30.2 Å². The third kappa shape index (κ3) is 5.78. The van der Waals surface area contributed by atoms with Crippen LogP contribution < -0.4 is 9.47 Å². The number of methoxy groups -OCH3 is 1. The van der Waals surface area contributed by atoms with Gasteiger partial charge in [-0.15, -0.1) is 0 Å². The van der Waals surface area contributed by atoms with E-state index in [1.807, 2.05) is 96.5 Å². The molecule has 3 aromatic carbocycles. The number of benzene rings is 3. The van der Waals surface area contributed by atoms with Gasteiger partial charge in [0.2, 0.25) is 5.88 Å². The normalized spacial score (nSPS) is 12.9. The first kappa shape index (κ1) is 25.5. The van der Waals surface area contributed by atoms with E-state index in [1.54, 1.807) is 7.11 Å². The van der Waals surface area contributed by atoms with Crippen LogP contribution in [0.2, 0.25) is 0 Å². The number of aliphatic hydroxyl groups is 1. The van der Waals surface area contributed by atoms with E-state index in [9.17, 15) is 5.11 Å². The lowest BCUT2D eigenvalue weighted by molar-refractivity contribution is 0.0841. The van der Waals surface area contributed by atoms with E-state index < -0.39 is 6.10 Å². The van der Waals surface area contributed by atoms with E-state index in [-0.39, 0.29) is 6.04 Å². The van der Waals surface area contributed by atoms with Crippen molar-refractivity contribution in [1.29, 1.82) is 0 Å². The van der Waals surface area contributed by atoms with Gasteiger partial charge in [0, 0.05) is 19.1 Å². The molecule has 2 atom stereocenters. The number of ether oxygens (including phenoxy) is 2. The van der Waals surface area contributed by atoms with Crippen LogP contribution in [0.1, 0.15) is 43.2 Å². The summed E-state index contributed by atoms with van der Waals surface area (Å²) in [5.41, 5.74) is 3.68. The van der Waals surface area contributed by atoms with Gasteiger partial charge in [-0.2, -0.15) is 5.10 Å². The van der Waals surface area contributed by atoms with Crippen LogP contribution in [0.25, 0.3) is 5.69 Å². The fourth-order valence-electron chi connectivity index (χ4n) is 4.24. The zero-order valence-corrected chi connectivity index (χ0v) is 21.5. The molecule has 0 amide bonds. The zero-order valence-electron chi connectivity index (χ0n) is 21.5. The summed E-state index contributed by atoms with van der Waals surface area (Å²) in [6.07, 6.45) is 0.360. The highest BCUT2D eigenvalue weighted by Gasteiger charge is 2.25. The van der Waals surface area contributed by atoms with E-state index in [4.69, 9.17) is 14.6 Å². The molecule has 4 rings (SSSR count). The van der Waals surface area contributed by atoms with Gasteiger partial charge in [0.25, 0.3) is 0 Å². The van der Waals surface area contributed by atoms with Gasteiger partial charge in [-0.25, -0.2) is 4.68 Å². The minimum Gasteiger partial charge on any atom is -0.493 e. The highest BCUT2D eigenvalue weighted by atomic mass is 16.5. The van der Waals surface area contributed by atoms with Gasteiger partial charge in [-0.1, -0.05) is 67.6 Å². The molecule has 0 saturated carbocycles. The van der Waals surface area contributed by atoms with E-state index >= 15 is 0 Å². The minimum absolute atomic E-state index is 0.252. The molecule has 2 unspecified atom stereocenters. The van der Waals surface area contributed by atoms with Crippen molar-refractivity contribution in [1.82, 2.24) is 14.7 Å². The smallest absolute Gasteiger partial charge is 0.227 e. The van der Waals surface area contributed by atoms with Crippen LogP contribution in [-0.2, 0) is 6.54 Å². The summed E-state index contributed by atoms with van der Waals surface area (Å²) in [7, 11) is 1.64. The number of aliphatic hydroxyl groups excluding tert-OH is 1. The maximum absolute atomic E-state index is 11.0. The standard InChI is InChI=1S/C30H35N3O3/c1-5-22(2)32(21-27(34)24-14-8-6-9-15-24)20-26-23(3)31-33(25-16-10-7-11-17-25)30(26)36-29-19-13-12-18-28(29)35-4/h6-19,22,27,34H,5,20-21H2,1-4H3. The van der Waals surface area contributed by atoms with Crippen LogP contribution in [0.5, 0.6) is 17.4 Å². The third-order valence-corrected chi connectivity index (χ3v) is 6.58. The van der Waals surface area contributed by atoms with Gasteiger partial charge in [0.15, 0.2) is 11.5 Å². The Balaban J connectivity index is 1.73. The number of hydrogen-bond acceptors (Lipinski definition) is 5. The summed E-state index contributed by atoms with van der Waals surface area (Å²) in [4.78, 5) is 2.30. The van der Waals surface area contributed by atoms with Gasteiger partial charge >= 0.3 is 0 Å². The molecule has 6 heteroatoms. The average Bonchev–Trinajstić information content (AvgIpc) is 3.23. The summed E-state index contributed by atoms with van der Waals surface area (Å²) < 4.78 is 13.9. The quantitative estimate of drug-likeness (QED) is 0.270. The van der Waals surface area contributed by atoms with Crippen LogP contribution in [0.15, 0.2) is 84.9 Å². The van der Waals surface area contributed by atoms with Crippen molar-refractivity contribution in [2.24, 2.45) is 0 Å². The van der Waals surface area contributed by atoms with Crippen molar-refractivity contribution >= 4 is 0 Å². The lowest BCUT2D eigenvalue weighted by Crippen LogP contribution is -2.36. The number of aromatic nitrogens is 2. The van der Waals surface area contributed by atoms with Crippen LogP contribution in [-0.4, -0.2) is 39.5 Å². The minimum atomic E-state index is -0.594. The predicted octanol–water partition coefficient (Wildman–Crippen LogP) is 6.32. The van der Waals surface area contributed by atoms with E-state index in [0.29, 0.717) is 30.5 Å². The summed E-state index contributed by atoms with van der Waals surface area (Å²) in [5, 5.41) is 15.9. The van der Waals surface area contributed by atoms with E-state index in [0.717, 1.165) is 28.9 Å². The van der Waals surface area contributed by atoms with Gasteiger partial charge in [-0.3, -0.25) is 4.90 Å². The Morgan fingerprint density at radius 1 is 0.917 bits per heavy atom. The molecule has 188 valence electrons. The van der Waals surface area contributed by atoms with Crippen molar-refractivity contribution in [3.63, 3.8) is 0 Å². The molecule has 0 aliphatic heterocycles. The first-order valence-electron chi connectivity index (χ1n) is 12.4. The predicted molar refractivity (Wildman–Crippen MR) is 143 cm³/mol. The first-order valence-corrected chi connectivity index (χ1v) is 12.4.